The van der Waals surface area contributed by atoms with Gasteiger partial charge in [-0.1, -0.05) is 52.0 Å². The summed E-state index contributed by atoms with van der Waals surface area (Å²) < 4.78 is 13.0. The molecular weight excluding hydrogens is 680 g/mol. The first-order chi connectivity index (χ1) is 25.6. The van der Waals surface area contributed by atoms with Gasteiger partial charge in [0.25, 0.3) is 5.56 Å². The van der Waals surface area contributed by atoms with Crippen LogP contribution in [0.4, 0.5) is 11.4 Å². The lowest BCUT2D eigenvalue weighted by atomic mass is 9.84. The van der Waals surface area contributed by atoms with E-state index >= 15 is 0 Å². The third kappa shape index (κ3) is 6.47. The zero-order chi connectivity index (χ0) is 37.4. The summed E-state index contributed by atoms with van der Waals surface area (Å²) in [5.41, 5.74) is 8.72. The standard InChI is InChI=1S/C39H46N6O8/c1-3-5-9-17-44-21-41-26-13-10-14-27-31(26)34(44)23-19-45-29(33(23)42-27)18-25-24(36(45)48)20-52-38(51)39(25,4-2)53-30(46)16-15-28(37(49)50)43-35(47)32(40)22-11-7-6-8-12-22/h10,13-14,18,21-22,28,32H,3-9,11-12,15-17,19-20,40H2,1-2H3,(H,43,47)(H,49,50)/t28-,32-,39-/m0/s1. The van der Waals surface area contributed by atoms with Crippen LogP contribution in [0.1, 0.15) is 101 Å². The summed E-state index contributed by atoms with van der Waals surface area (Å²) in [7, 11) is 0. The third-order valence-corrected chi connectivity index (χ3v) is 11.3. The number of carbonyl (C=O) groups is 4. The van der Waals surface area contributed by atoms with E-state index in [1.807, 2.05) is 24.5 Å². The van der Waals surface area contributed by atoms with Gasteiger partial charge in [0.1, 0.15) is 12.6 Å². The van der Waals surface area contributed by atoms with Gasteiger partial charge in [-0.15, -0.1) is 0 Å². The molecule has 0 bridgehead atoms. The molecule has 4 aliphatic rings. The number of aromatic nitrogens is 2. The number of esters is 2. The molecule has 5 heterocycles. The summed E-state index contributed by atoms with van der Waals surface area (Å²) in [5, 5.41) is 13.3. The maximum Gasteiger partial charge on any atom is 0.355 e. The number of benzene rings is 1. The van der Waals surface area contributed by atoms with Crippen LogP contribution >= 0.6 is 0 Å². The molecule has 280 valence electrons. The Hall–Kier alpha value is -5.11. The summed E-state index contributed by atoms with van der Waals surface area (Å²) in [5.74, 6) is -3.63. The first kappa shape index (κ1) is 36.3. The van der Waals surface area contributed by atoms with Gasteiger partial charge in [0, 0.05) is 24.1 Å². The lowest BCUT2D eigenvalue weighted by Crippen LogP contribution is -2.51. The number of rotatable bonds is 13. The van der Waals surface area contributed by atoms with Crippen molar-refractivity contribution < 1.29 is 33.8 Å². The smallest absolute Gasteiger partial charge is 0.355 e. The van der Waals surface area contributed by atoms with Gasteiger partial charge in [-0.2, -0.15) is 0 Å². The lowest BCUT2D eigenvalue weighted by molar-refractivity contribution is -0.189. The van der Waals surface area contributed by atoms with Crippen LogP contribution in [0.2, 0.25) is 0 Å². The number of pyridine rings is 2. The van der Waals surface area contributed by atoms with E-state index in [4.69, 9.17) is 25.2 Å². The number of cyclic esters (lactones) is 1. The Morgan fingerprint density at radius 2 is 1.92 bits per heavy atom. The predicted molar refractivity (Wildman–Crippen MR) is 197 cm³/mol. The van der Waals surface area contributed by atoms with Crippen molar-refractivity contribution in [3.8, 4) is 11.4 Å². The monoisotopic (exact) mass is 726 g/mol. The first-order valence-corrected chi connectivity index (χ1v) is 18.8. The highest BCUT2D eigenvalue weighted by molar-refractivity contribution is 6.11. The predicted octanol–water partition coefficient (Wildman–Crippen LogP) is 4.56. The minimum atomic E-state index is -1.95. The summed E-state index contributed by atoms with van der Waals surface area (Å²) >= 11 is 0. The zero-order valence-electron chi connectivity index (χ0n) is 30.2. The van der Waals surface area contributed by atoms with Crippen molar-refractivity contribution in [1.82, 2.24) is 14.9 Å². The third-order valence-electron chi connectivity index (χ3n) is 11.3. The fraction of sp³-hybridized carbons (Fsp3) is 0.513. The summed E-state index contributed by atoms with van der Waals surface area (Å²) in [4.78, 5) is 78.2. The molecule has 14 nitrogen and oxygen atoms in total. The SMILES string of the molecule is CCCCCN1C=Nc2cccc3nc4c(c1c23)Cn1c-4cc2c(c1=O)COC(=O)[C@@]2(CC)OC(=O)CC[C@H](NC(=O)[C@@H](N)C1CCCCC1)C(=O)O. The maximum absolute atomic E-state index is 14.2. The molecule has 1 aromatic carbocycles. The van der Waals surface area contributed by atoms with Gasteiger partial charge in [-0.3, -0.25) is 14.4 Å². The number of nitrogens with two attached hydrogens (primary N) is 1. The highest BCUT2D eigenvalue weighted by Gasteiger charge is 2.50. The van der Waals surface area contributed by atoms with Crippen molar-refractivity contribution in [2.75, 3.05) is 11.4 Å². The molecule has 0 spiro atoms. The first-order valence-electron chi connectivity index (χ1n) is 18.8. The average Bonchev–Trinajstić information content (AvgIpc) is 3.53. The number of hydrogen-bond acceptors (Lipinski definition) is 11. The van der Waals surface area contributed by atoms with Crippen LogP contribution in [0.25, 0.3) is 22.3 Å². The van der Waals surface area contributed by atoms with Crippen molar-refractivity contribution in [3.05, 3.63) is 51.3 Å². The number of carboxylic acids is 1. The Labute approximate surface area is 306 Å². The van der Waals surface area contributed by atoms with Crippen LogP contribution < -0.4 is 21.5 Å². The van der Waals surface area contributed by atoms with Crippen molar-refractivity contribution in [2.24, 2.45) is 16.6 Å². The fourth-order valence-corrected chi connectivity index (χ4v) is 8.30. The largest absolute Gasteiger partial charge is 0.480 e. The molecule has 7 rings (SSSR count). The van der Waals surface area contributed by atoms with E-state index in [1.165, 1.54) is 0 Å². The Bertz CT molecular complexity index is 2070. The Morgan fingerprint density at radius 3 is 2.66 bits per heavy atom. The molecule has 0 saturated heterocycles. The second-order valence-corrected chi connectivity index (χ2v) is 14.5. The molecule has 0 unspecified atom stereocenters. The highest BCUT2D eigenvalue weighted by Crippen LogP contribution is 2.47. The van der Waals surface area contributed by atoms with E-state index in [2.05, 4.69) is 17.1 Å². The van der Waals surface area contributed by atoms with Crippen molar-refractivity contribution in [2.45, 2.75) is 115 Å². The van der Waals surface area contributed by atoms with Gasteiger partial charge >= 0.3 is 17.9 Å². The van der Waals surface area contributed by atoms with E-state index in [1.54, 1.807) is 17.6 Å². The lowest BCUT2D eigenvalue weighted by Gasteiger charge is -2.35. The number of anilines is 1. The highest BCUT2D eigenvalue weighted by atomic mass is 16.6. The quantitative estimate of drug-likeness (QED) is 0.129. The number of unbranched alkanes of at least 4 members (excludes halogenated alkanes) is 2. The van der Waals surface area contributed by atoms with Crippen LogP contribution in [0.5, 0.6) is 0 Å². The van der Waals surface area contributed by atoms with Crippen LogP contribution in [-0.2, 0) is 47.4 Å². The van der Waals surface area contributed by atoms with Crippen molar-refractivity contribution >= 4 is 52.4 Å². The van der Waals surface area contributed by atoms with Gasteiger partial charge in [0.2, 0.25) is 11.5 Å². The number of amides is 1. The minimum absolute atomic E-state index is 0.0317. The van der Waals surface area contributed by atoms with Gasteiger partial charge in [-0.05, 0) is 56.2 Å². The van der Waals surface area contributed by atoms with E-state index in [0.29, 0.717) is 11.4 Å². The van der Waals surface area contributed by atoms with Crippen LogP contribution in [-0.4, -0.2) is 63.4 Å². The molecule has 3 aliphatic heterocycles. The summed E-state index contributed by atoms with van der Waals surface area (Å²) in [6.45, 7) is 4.51. The van der Waals surface area contributed by atoms with Gasteiger partial charge < -0.3 is 35.1 Å². The van der Waals surface area contributed by atoms with Crippen molar-refractivity contribution in [3.63, 3.8) is 0 Å². The van der Waals surface area contributed by atoms with E-state index in [9.17, 15) is 29.1 Å². The number of hydrogen-bond donors (Lipinski definition) is 3. The molecule has 53 heavy (non-hydrogen) atoms. The number of nitrogens with one attached hydrogen (secondary N) is 1. The normalized spacial score (nSPS) is 19.9. The van der Waals surface area contributed by atoms with Gasteiger partial charge in [0.05, 0.1) is 58.2 Å². The molecule has 1 aliphatic carbocycles. The Morgan fingerprint density at radius 1 is 1.13 bits per heavy atom. The number of nitrogens with zero attached hydrogens (tertiary/aromatic N) is 4. The average molecular weight is 727 g/mol. The number of aliphatic carboxylic acids is 1. The van der Waals surface area contributed by atoms with Gasteiger partial charge in [0.15, 0.2) is 0 Å². The number of carbonyl (C=O) groups excluding carboxylic acids is 3. The second kappa shape index (κ2) is 14.7. The number of fused-ring (bicyclic) bond motifs is 5. The van der Waals surface area contributed by atoms with Crippen LogP contribution in [0, 0.1) is 5.92 Å². The fourth-order valence-electron chi connectivity index (χ4n) is 8.30. The van der Waals surface area contributed by atoms with E-state index in [0.717, 1.165) is 85.8 Å². The topological polar surface area (TPSA) is 196 Å². The molecule has 2 aromatic heterocycles. The van der Waals surface area contributed by atoms with Crippen LogP contribution in [0.3, 0.4) is 0 Å². The number of carboxylic acid groups (broad SMARTS) is 1. The summed E-state index contributed by atoms with van der Waals surface area (Å²) in [6, 6.07) is 5.21. The second-order valence-electron chi connectivity index (χ2n) is 14.5. The summed E-state index contributed by atoms with van der Waals surface area (Å²) in [6.07, 6.45) is 8.77. The molecule has 1 fully saturated rings. The zero-order valence-corrected chi connectivity index (χ0v) is 30.2. The van der Waals surface area contributed by atoms with Crippen molar-refractivity contribution in [1.29, 1.82) is 0 Å². The molecule has 0 radical (unpaired) electrons. The molecule has 3 aromatic rings. The molecular formula is C39H46N6O8. The van der Waals surface area contributed by atoms with E-state index < -0.39 is 47.9 Å². The molecule has 1 saturated carbocycles. The number of aliphatic imine (C=N–C) groups is 1. The maximum atomic E-state index is 14.2. The van der Waals surface area contributed by atoms with Gasteiger partial charge in [-0.25, -0.2) is 19.6 Å². The minimum Gasteiger partial charge on any atom is -0.480 e. The molecule has 1 amide bonds. The van der Waals surface area contributed by atoms with E-state index in [-0.39, 0.29) is 48.6 Å². The Kier molecular flexibility index (Phi) is 10.1. The van der Waals surface area contributed by atoms with Crippen LogP contribution in [0.15, 0.2) is 34.1 Å². The molecule has 14 heteroatoms. The molecule has 3 atom stereocenters. The Balaban J connectivity index is 1.18. The number of ether oxygens (including phenoxy) is 2. The molecule has 4 N–H and O–H groups in total.